The molecule has 0 unspecified atom stereocenters. The molecule has 1 amide bonds. The zero-order valence-electron chi connectivity index (χ0n) is 15.0. The molecule has 2 N–H and O–H groups in total. The Bertz CT molecular complexity index is 769. The molecule has 26 heavy (non-hydrogen) atoms. The monoisotopic (exact) mass is 361 g/mol. The first-order valence-electron chi connectivity index (χ1n) is 8.78. The number of nitrogens with zero attached hydrogens (tertiary/aromatic N) is 2. The van der Waals surface area contributed by atoms with Gasteiger partial charge < -0.3 is 14.7 Å². The number of rotatable bonds is 5. The summed E-state index contributed by atoms with van der Waals surface area (Å²) < 4.78 is 19.0. The molecule has 1 aromatic heterocycles. The van der Waals surface area contributed by atoms with Crippen molar-refractivity contribution in [2.75, 3.05) is 13.1 Å². The summed E-state index contributed by atoms with van der Waals surface area (Å²) in [7, 11) is 0. The molecule has 1 atom stereocenters. The van der Waals surface area contributed by atoms with Crippen molar-refractivity contribution in [3.63, 3.8) is 0 Å². The fourth-order valence-electron chi connectivity index (χ4n) is 3.16. The number of likely N-dealkylation sites (tertiary alicyclic amines) is 1. The molecule has 1 aliphatic rings. The van der Waals surface area contributed by atoms with E-state index in [1.165, 1.54) is 6.07 Å². The number of benzene rings is 1. The summed E-state index contributed by atoms with van der Waals surface area (Å²) in [6, 6.07) is 7.77. The summed E-state index contributed by atoms with van der Waals surface area (Å²) in [4.78, 5) is 14.4. The summed E-state index contributed by atoms with van der Waals surface area (Å²) in [6.45, 7) is 4.81. The second-order valence-corrected chi connectivity index (χ2v) is 7.24. The van der Waals surface area contributed by atoms with Crippen LogP contribution < -0.4 is 4.74 Å². The highest BCUT2D eigenvalue weighted by atomic mass is 19.1. The van der Waals surface area contributed by atoms with E-state index in [9.17, 15) is 14.3 Å². The lowest BCUT2D eigenvalue weighted by Gasteiger charge is -2.38. The molecule has 6 nitrogen and oxygen atoms in total. The van der Waals surface area contributed by atoms with Gasteiger partial charge in [0.05, 0.1) is 11.3 Å². The molecular formula is C19H24FN3O3. The number of hydrogen-bond acceptors (Lipinski definition) is 4. The van der Waals surface area contributed by atoms with Crippen molar-refractivity contribution in [1.82, 2.24) is 15.1 Å². The Hall–Kier alpha value is -2.41. The SMILES string of the molecule is CC(C)(O)[C@@H]1CCCN(C(=O)c2cc(COc3ccccc3F)[nH]n2)C1. The zero-order valence-corrected chi connectivity index (χ0v) is 15.0. The fraction of sp³-hybridized carbons (Fsp3) is 0.474. The molecule has 3 rings (SSSR count). The van der Waals surface area contributed by atoms with Gasteiger partial charge in [-0.15, -0.1) is 0 Å². The van der Waals surface area contributed by atoms with Crippen LogP contribution in [0.4, 0.5) is 4.39 Å². The van der Waals surface area contributed by atoms with Crippen molar-refractivity contribution in [3.05, 3.63) is 47.5 Å². The molecule has 1 aliphatic heterocycles. The Morgan fingerprint density at radius 2 is 2.23 bits per heavy atom. The minimum atomic E-state index is -0.816. The van der Waals surface area contributed by atoms with E-state index in [4.69, 9.17) is 4.74 Å². The smallest absolute Gasteiger partial charge is 0.274 e. The lowest BCUT2D eigenvalue weighted by Crippen LogP contribution is -2.47. The van der Waals surface area contributed by atoms with Crippen LogP contribution in [0, 0.1) is 11.7 Å². The average molecular weight is 361 g/mol. The number of aromatic nitrogens is 2. The summed E-state index contributed by atoms with van der Waals surface area (Å²) in [5.74, 6) is -0.413. The van der Waals surface area contributed by atoms with Crippen molar-refractivity contribution < 1.29 is 19.0 Å². The van der Waals surface area contributed by atoms with E-state index in [2.05, 4.69) is 10.2 Å². The van der Waals surface area contributed by atoms with Crippen LogP contribution in [0.15, 0.2) is 30.3 Å². The fourth-order valence-corrected chi connectivity index (χ4v) is 3.16. The topological polar surface area (TPSA) is 78.5 Å². The number of aromatic amines is 1. The molecule has 7 heteroatoms. The van der Waals surface area contributed by atoms with Gasteiger partial charge in [0.2, 0.25) is 0 Å². The number of H-pyrrole nitrogens is 1. The Morgan fingerprint density at radius 3 is 2.96 bits per heavy atom. The minimum absolute atomic E-state index is 0.0444. The molecule has 0 saturated carbocycles. The summed E-state index contributed by atoms with van der Waals surface area (Å²) in [6.07, 6.45) is 1.75. The van der Waals surface area contributed by atoms with Gasteiger partial charge in [0.25, 0.3) is 5.91 Å². The molecule has 1 fully saturated rings. The molecule has 0 radical (unpaired) electrons. The Balaban J connectivity index is 1.62. The maximum atomic E-state index is 13.6. The van der Waals surface area contributed by atoms with Crippen LogP contribution in [0.1, 0.15) is 42.9 Å². The van der Waals surface area contributed by atoms with E-state index in [1.54, 1.807) is 43.0 Å². The highest BCUT2D eigenvalue weighted by Gasteiger charge is 2.33. The molecule has 0 spiro atoms. The van der Waals surface area contributed by atoms with Crippen LogP contribution in [-0.4, -0.2) is 44.8 Å². The van der Waals surface area contributed by atoms with Crippen LogP contribution >= 0.6 is 0 Å². The summed E-state index contributed by atoms with van der Waals surface area (Å²) >= 11 is 0. The molecule has 1 aromatic carbocycles. The lowest BCUT2D eigenvalue weighted by atomic mass is 9.84. The molecule has 2 heterocycles. The molecular weight excluding hydrogens is 337 g/mol. The van der Waals surface area contributed by atoms with Crippen LogP contribution in [0.2, 0.25) is 0 Å². The number of hydrogen-bond donors (Lipinski definition) is 2. The molecule has 0 aliphatic carbocycles. The number of aliphatic hydroxyl groups is 1. The zero-order chi connectivity index (χ0) is 18.7. The molecule has 0 bridgehead atoms. The number of ether oxygens (including phenoxy) is 1. The van der Waals surface area contributed by atoms with Crippen LogP contribution in [0.25, 0.3) is 0 Å². The van der Waals surface area contributed by atoms with Gasteiger partial charge in [0.1, 0.15) is 6.61 Å². The standard InChI is InChI=1S/C19H24FN3O3/c1-19(2,25)13-6-5-9-23(11-13)18(24)16-10-14(21-22-16)12-26-17-8-4-3-7-15(17)20/h3-4,7-8,10,13,25H,5-6,9,11-12H2,1-2H3,(H,21,22)/t13-/m1/s1. The number of amides is 1. The number of halogens is 1. The van der Waals surface area contributed by atoms with Gasteiger partial charge in [-0.05, 0) is 44.9 Å². The van der Waals surface area contributed by atoms with E-state index >= 15 is 0 Å². The highest BCUT2D eigenvalue weighted by Crippen LogP contribution is 2.27. The predicted molar refractivity (Wildman–Crippen MR) is 94.2 cm³/mol. The van der Waals surface area contributed by atoms with Crippen molar-refractivity contribution in [2.24, 2.45) is 5.92 Å². The second-order valence-electron chi connectivity index (χ2n) is 7.24. The van der Waals surface area contributed by atoms with Gasteiger partial charge in [-0.3, -0.25) is 9.89 Å². The van der Waals surface area contributed by atoms with Crippen LogP contribution in [0.3, 0.4) is 0 Å². The summed E-state index contributed by atoms with van der Waals surface area (Å²) in [5, 5.41) is 17.0. The molecule has 1 saturated heterocycles. The number of nitrogens with one attached hydrogen (secondary N) is 1. The quantitative estimate of drug-likeness (QED) is 0.858. The lowest BCUT2D eigenvalue weighted by molar-refractivity contribution is -0.0147. The Morgan fingerprint density at radius 1 is 1.46 bits per heavy atom. The van der Waals surface area contributed by atoms with Crippen molar-refractivity contribution in [1.29, 1.82) is 0 Å². The number of carbonyl (C=O) groups excluding carboxylic acids is 1. The van der Waals surface area contributed by atoms with Gasteiger partial charge in [0, 0.05) is 19.0 Å². The van der Waals surface area contributed by atoms with Crippen molar-refractivity contribution >= 4 is 5.91 Å². The van der Waals surface area contributed by atoms with Gasteiger partial charge in [-0.1, -0.05) is 12.1 Å². The predicted octanol–water partition coefficient (Wildman–Crippen LogP) is 2.75. The number of para-hydroxylation sites is 1. The second kappa shape index (κ2) is 7.45. The molecule has 2 aromatic rings. The van der Waals surface area contributed by atoms with Gasteiger partial charge in [-0.25, -0.2) is 4.39 Å². The third-order valence-electron chi connectivity index (χ3n) is 4.78. The number of carbonyl (C=O) groups is 1. The highest BCUT2D eigenvalue weighted by molar-refractivity contribution is 5.92. The van der Waals surface area contributed by atoms with E-state index < -0.39 is 11.4 Å². The normalized spacial score (nSPS) is 18.0. The first-order chi connectivity index (χ1) is 12.3. The minimum Gasteiger partial charge on any atom is -0.484 e. The Kier molecular flexibility index (Phi) is 5.27. The van der Waals surface area contributed by atoms with Gasteiger partial charge >= 0.3 is 0 Å². The van der Waals surface area contributed by atoms with Crippen LogP contribution in [-0.2, 0) is 6.61 Å². The first-order valence-corrected chi connectivity index (χ1v) is 8.78. The van der Waals surface area contributed by atoms with Gasteiger partial charge in [0.15, 0.2) is 17.3 Å². The third kappa shape index (κ3) is 4.22. The maximum Gasteiger partial charge on any atom is 0.274 e. The van der Waals surface area contributed by atoms with Crippen molar-refractivity contribution in [2.45, 2.75) is 38.9 Å². The van der Waals surface area contributed by atoms with E-state index in [0.717, 1.165) is 12.8 Å². The van der Waals surface area contributed by atoms with E-state index in [-0.39, 0.29) is 24.2 Å². The third-order valence-corrected chi connectivity index (χ3v) is 4.78. The maximum absolute atomic E-state index is 13.6. The van der Waals surface area contributed by atoms with Crippen LogP contribution in [0.5, 0.6) is 5.75 Å². The van der Waals surface area contributed by atoms with E-state index in [0.29, 0.717) is 24.5 Å². The number of piperidine rings is 1. The largest absolute Gasteiger partial charge is 0.484 e. The molecule has 140 valence electrons. The first kappa shape index (κ1) is 18.4. The van der Waals surface area contributed by atoms with Crippen molar-refractivity contribution in [3.8, 4) is 5.75 Å². The van der Waals surface area contributed by atoms with Gasteiger partial charge in [-0.2, -0.15) is 5.10 Å². The summed E-state index contributed by atoms with van der Waals surface area (Å²) in [5.41, 5.74) is 0.0738. The Labute approximate surface area is 152 Å². The van der Waals surface area contributed by atoms with E-state index in [1.807, 2.05) is 0 Å². The average Bonchev–Trinajstić information content (AvgIpc) is 3.09.